The number of nitrogens with one attached hydrogen (secondary N) is 1. The number of benzene rings is 1. The van der Waals surface area contributed by atoms with Crippen molar-refractivity contribution in [2.24, 2.45) is 0 Å². The second kappa shape index (κ2) is 6.87. The molecule has 0 aliphatic heterocycles. The van der Waals surface area contributed by atoms with Crippen LogP contribution in [0.3, 0.4) is 0 Å². The standard InChI is InChI=1S/C17H14F2N4O3/c1-9(16-21-10(2)26-22-16)20-17(24)12-5-11(7-23(25)8-12)14-4-3-13(18)6-15(14)19/h3-9H,1-2H3,(H,20,24)/t9-/m1/s1. The van der Waals surface area contributed by atoms with E-state index in [1.54, 1.807) is 13.8 Å². The van der Waals surface area contributed by atoms with Gasteiger partial charge >= 0.3 is 0 Å². The van der Waals surface area contributed by atoms with Gasteiger partial charge in [0.25, 0.3) is 5.91 Å². The zero-order chi connectivity index (χ0) is 18.8. The summed E-state index contributed by atoms with van der Waals surface area (Å²) < 4.78 is 32.3. The summed E-state index contributed by atoms with van der Waals surface area (Å²) in [6, 6.07) is 3.76. The predicted octanol–water partition coefficient (Wildman–Crippen LogP) is 2.45. The van der Waals surface area contributed by atoms with Crippen molar-refractivity contribution in [3.05, 3.63) is 70.8 Å². The Morgan fingerprint density at radius 1 is 1.31 bits per heavy atom. The molecule has 3 rings (SSSR count). The Morgan fingerprint density at radius 2 is 2.08 bits per heavy atom. The van der Waals surface area contributed by atoms with Gasteiger partial charge in [-0.15, -0.1) is 0 Å². The molecule has 0 aliphatic rings. The van der Waals surface area contributed by atoms with E-state index in [1.165, 1.54) is 12.1 Å². The minimum absolute atomic E-state index is 0.00694. The summed E-state index contributed by atoms with van der Waals surface area (Å²) in [4.78, 5) is 16.4. The summed E-state index contributed by atoms with van der Waals surface area (Å²) in [6.07, 6.45) is 2.15. The highest BCUT2D eigenvalue weighted by Gasteiger charge is 2.19. The van der Waals surface area contributed by atoms with Gasteiger partial charge in [-0.1, -0.05) is 5.16 Å². The molecular formula is C17H14F2N4O3. The Balaban J connectivity index is 1.88. The van der Waals surface area contributed by atoms with Crippen molar-refractivity contribution in [3.63, 3.8) is 0 Å². The Kier molecular flexibility index (Phi) is 4.61. The Bertz CT molecular complexity index is 974. The number of carbonyl (C=O) groups excluding carboxylic acids is 1. The van der Waals surface area contributed by atoms with Crippen molar-refractivity contribution in [2.75, 3.05) is 0 Å². The highest BCUT2D eigenvalue weighted by molar-refractivity contribution is 5.95. The van der Waals surface area contributed by atoms with Gasteiger partial charge in [0.1, 0.15) is 17.2 Å². The van der Waals surface area contributed by atoms with E-state index in [9.17, 15) is 18.8 Å². The number of hydrogen-bond acceptors (Lipinski definition) is 5. The van der Waals surface area contributed by atoms with Gasteiger partial charge in [-0.3, -0.25) is 4.79 Å². The Hall–Kier alpha value is -3.36. The van der Waals surface area contributed by atoms with Crippen molar-refractivity contribution >= 4 is 5.91 Å². The molecular weight excluding hydrogens is 346 g/mol. The first-order valence-corrected chi connectivity index (χ1v) is 7.64. The number of aryl methyl sites for hydroxylation is 1. The predicted molar refractivity (Wildman–Crippen MR) is 85.7 cm³/mol. The zero-order valence-electron chi connectivity index (χ0n) is 13.9. The van der Waals surface area contributed by atoms with E-state index in [2.05, 4.69) is 15.5 Å². The van der Waals surface area contributed by atoms with E-state index >= 15 is 0 Å². The molecule has 26 heavy (non-hydrogen) atoms. The highest BCUT2D eigenvalue weighted by Crippen LogP contribution is 2.23. The normalized spacial score (nSPS) is 12.0. The summed E-state index contributed by atoms with van der Waals surface area (Å²) in [5, 5.41) is 18.2. The minimum Gasteiger partial charge on any atom is -0.619 e. The van der Waals surface area contributed by atoms with Gasteiger partial charge in [0.15, 0.2) is 18.2 Å². The van der Waals surface area contributed by atoms with Crippen LogP contribution in [0.4, 0.5) is 8.78 Å². The van der Waals surface area contributed by atoms with Gasteiger partial charge in [-0.05, 0) is 25.1 Å². The molecule has 134 valence electrons. The van der Waals surface area contributed by atoms with Gasteiger partial charge < -0.3 is 15.0 Å². The number of nitrogens with zero attached hydrogens (tertiary/aromatic N) is 3. The number of rotatable bonds is 4. The largest absolute Gasteiger partial charge is 0.619 e. The van der Waals surface area contributed by atoms with E-state index < -0.39 is 23.6 Å². The van der Waals surface area contributed by atoms with Gasteiger partial charge in [0.2, 0.25) is 5.89 Å². The molecule has 7 nitrogen and oxygen atoms in total. The van der Waals surface area contributed by atoms with E-state index in [-0.39, 0.29) is 22.5 Å². The second-order valence-corrected chi connectivity index (χ2v) is 5.66. The van der Waals surface area contributed by atoms with E-state index in [0.29, 0.717) is 16.7 Å². The quantitative estimate of drug-likeness (QED) is 0.570. The highest BCUT2D eigenvalue weighted by atomic mass is 19.1. The third-order valence-electron chi connectivity index (χ3n) is 3.63. The fraction of sp³-hybridized carbons (Fsp3) is 0.176. The van der Waals surface area contributed by atoms with Crippen LogP contribution in [-0.2, 0) is 0 Å². The molecule has 9 heteroatoms. The maximum Gasteiger partial charge on any atom is 0.258 e. The van der Waals surface area contributed by atoms with Crippen LogP contribution in [0.1, 0.15) is 35.0 Å². The van der Waals surface area contributed by atoms with Crippen LogP contribution in [0.15, 0.2) is 41.2 Å². The molecule has 2 heterocycles. The van der Waals surface area contributed by atoms with Crippen LogP contribution in [0, 0.1) is 23.8 Å². The van der Waals surface area contributed by atoms with E-state index in [4.69, 9.17) is 4.52 Å². The topological polar surface area (TPSA) is 95.0 Å². The first kappa shape index (κ1) is 17.5. The average Bonchev–Trinajstić information content (AvgIpc) is 3.00. The smallest absolute Gasteiger partial charge is 0.258 e. The molecule has 0 radical (unpaired) electrons. The maximum atomic E-state index is 14.0. The van der Waals surface area contributed by atoms with Crippen molar-refractivity contribution in [1.29, 1.82) is 0 Å². The molecule has 0 spiro atoms. The molecule has 3 aromatic rings. The number of hydrogen-bond donors (Lipinski definition) is 1. The molecule has 0 fully saturated rings. The molecule has 0 saturated heterocycles. The number of aromatic nitrogens is 3. The molecule has 0 saturated carbocycles. The lowest BCUT2D eigenvalue weighted by Gasteiger charge is -2.11. The summed E-state index contributed by atoms with van der Waals surface area (Å²) >= 11 is 0. The van der Waals surface area contributed by atoms with Gasteiger partial charge in [-0.2, -0.15) is 9.71 Å². The lowest BCUT2D eigenvalue weighted by atomic mass is 10.0. The van der Waals surface area contributed by atoms with Crippen molar-refractivity contribution < 1.29 is 22.8 Å². The van der Waals surface area contributed by atoms with Crippen LogP contribution in [0.25, 0.3) is 11.1 Å². The lowest BCUT2D eigenvalue weighted by Crippen LogP contribution is -2.32. The lowest BCUT2D eigenvalue weighted by molar-refractivity contribution is -0.605. The van der Waals surface area contributed by atoms with Crippen LogP contribution in [-0.4, -0.2) is 16.0 Å². The summed E-state index contributed by atoms with van der Waals surface area (Å²) in [5.41, 5.74) is 0.161. The fourth-order valence-electron chi connectivity index (χ4n) is 2.38. The van der Waals surface area contributed by atoms with Crippen molar-refractivity contribution in [3.8, 4) is 11.1 Å². The van der Waals surface area contributed by atoms with Crippen LogP contribution in [0.2, 0.25) is 0 Å². The van der Waals surface area contributed by atoms with Crippen LogP contribution >= 0.6 is 0 Å². The molecule has 1 amide bonds. The first-order chi connectivity index (χ1) is 12.3. The van der Waals surface area contributed by atoms with Crippen LogP contribution < -0.4 is 10.0 Å². The Morgan fingerprint density at radius 3 is 2.73 bits per heavy atom. The minimum atomic E-state index is -0.835. The summed E-state index contributed by atoms with van der Waals surface area (Å²) in [7, 11) is 0. The molecule has 1 atom stereocenters. The summed E-state index contributed by atoms with van der Waals surface area (Å²) in [6.45, 7) is 3.27. The SMILES string of the molecule is Cc1nc([C@@H](C)NC(=O)c2cc(-c3ccc(F)cc3F)c[n+]([O-])c2)no1. The van der Waals surface area contributed by atoms with E-state index in [0.717, 1.165) is 18.5 Å². The maximum absolute atomic E-state index is 14.0. The number of halogens is 2. The second-order valence-electron chi connectivity index (χ2n) is 5.66. The summed E-state index contributed by atoms with van der Waals surface area (Å²) in [5.74, 6) is -1.51. The third-order valence-corrected chi connectivity index (χ3v) is 3.63. The number of carbonyl (C=O) groups is 1. The monoisotopic (exact) mass is 360 g/mol. The molecule has 2 aromatic heterocycles. The van der Waals surface area contributed by atoms with Crippen LogP contribution in [0.5, 0.6) is 0 Å². The van der Waals surface area contributed by atoms with E-state index in [1.807, 2.05) is 0 Å². The molecule has 0 bridgehead atoms. The zero-order valence-corrected chi connectivity index (χ0v) is 13.9. The Labute approximate surface area is 146 Å². The molecule has 1 N–H and O–H groups in total. The van der Waals surface area contributed by atoms with Gasteiger partial charge in [0.05, 0.1) is 11.6 Å². The van der Waals surface area contributed by atoms with Gasteiger partial charge in [-0.25, -0.2) is 8.78 Å². The third kappa shape index (κ3) is 3.66. The van der Waals surface area contributed by atoms with Crippen molar-refractivity contribution in [1.82, 2.24) is 15.5 Å². The van der Waals surface area contributed by atoms with Crippen molar-refractivity contribution in [2.45, 2.75) is 19.9 Å². The average molecular weight is 360 g/mol. The number of pyridine rings is 1. The van der Waals surface area contributed by atoms with Gasteiger partial charge in [0, 0.05) is 18.6 Å². The number of amides is 1. The molecule has 0 unspecified atom stereocenters. The first-order valence-electron chi connectivity index (χ1n) is 7.64. The molecule has 0 aliphatic carbocycles. The fourth-order valence-corrected chi connectivity index (χ4v) is 2.38. The molecule has 1 aromatic carbocycles.